The zero-order valence-electron chi connectivity index (χ0n) is 14.6. The molecule has 2 saturated heterocycles. The molecule has 2 aliphatic heterocycles. The van der Waals surface area contributed by atoms with Gasteiger partial charge in [0.1, 0.15) is 0 Å². The molecule has 0 atom stereocenters. The van der Waals surface area contributed by atoms with Crippen LogP contribution in [0.3, 0.4) is 0 Å². The molecule has 1 aromatic carbocycles. The standard InChI is InChI=1S/C20H23NO3S2/c22-19(21-9-7-15(8-10-21)20-23-11-12-24-20)17-5-1-2-6-18(17)26-14-16-4-3-13-25-16/h1-6,13,15,20H,7-12,14H2. The van der Waals surface area contributed by atoms with E-state index in [0.717, 1.165) is 42.1 Å². The van der Waals surface area contributed by atoms with Crippen molar-refractivity contribution in [2.45, 2.75) is 29.8 Å². The number of hydrogen-bond acceptors (Lipinski definition) is 5. The van der Waals surface area contributed by atoms with Crippen LogP contribution in [0.4, 0.5) is 0 Å². The van der Waals surface area contributed by atoms with Crippen molar-refractivity contribution in [3.05, 3.63) is 52.2 Å². The molecule has 3 heterocycles. The van der Waals surface area contributed by atoms with Crippen LogP contribution in [0.25, 0.3) is 0 Å². The van der Waals surface area contributed by atoms with E-state index in [1.54, 1.807) is 23.1 Å². The maximum absolute atomic E-state index is 13.1. The Morgan fingerprint density at radius 3 is 2.62 bits per heavy atom. The van der Waals surface area contributed by atoms with E-state index in [0.29, 0.717) is 19.1 Å². The van der Waals surface area contributed by atoms with Gasteiger partial charge in [-0.25, -0.2) is 0 Å². The van der Waals surface area contributed by atoms with Crippen LogP contribution < -0.4 is 0 Å². The predicted octanol–water partition coefficient (Wildman–Crippen LogP) is 4.27. The molecular formula is C20H23NO3S2. The van der Waals surface area contributed by atoms with Crippen LogP contribution >= 0.6 is 23.1 Å². The first-order chi connectivity index (χ1) is 12.8. The Morgan fingerprint density at radius 1 is 1.12 bits per heavy atom. The third-order valence-electron chi connectivity index (χ3n) is 4.93. The third kappa shape index (κ3) is 4.14. The lowest BCUT2D eigenvalue weighted by atomic mass is 9.95. The lowest BCUT2D eigenvalue weighted by Gasteiger charge is -2.34. The van der Waals surface area contributed by atoms with Gasteiger partial charge in [-0.15, -0.1) is 23.1 Å². The van der Waals surface area contributed by atoms with Gasteiger partial charge in [-0.3, -0.25) is 4.79 Å². The summed E-state index contributed by atoms with van der Waals surface area (Å²) in [5.41, 5.74) is 0.820. The molecule has 26 heavy (non-hydrogen) atoms. The molecule has 1 aromatic heterocycles. The van der Waals surface area contributed by atoms with Crippen molar-refractivity contribution in [3.8, 4) is 0 Å². The van der Waals surface area contributed by atoms with Crippen molar-refractivity contribution < 1.29 is 14.3 Å². The minimum Gasteiger partial charge on any atom is -0.350 e. The van der Waals surface area contributed by atoms with Crippen LogP contribution in [-0.2, 0) is 15.2 Å². The molecule has 0 bridgehead atoms. The number of piperidine rings is 1. The van der Waals surface area contributed by atoms with Gasteiger partial charge in [-0.05, 0) is 36.4 Å². The number of carbonyl (C=O) groups excluding carboxylic acids is 1. The van der Waals surface area contributed by atoms with E-state index in [1.807, 2.05) is 23.1 Å². The molecule has 4 nitrogen and oxygen atoms in total. The van der Waals surface area contributed by atoms with Crippen LogP contribution in [0.15, 0.2) is 46.7 Å². The maximum atomic E-state index is 13.1. The summed E-state index contributed by atoms with van der Waals surface area (Å²) in [6.45, 7) is 2.94. The maximum Gasteiger partial charge on any atom is 0.254 e. The first-order valence-corrected chi connectivity index (χ1v) is 10.9. The van der Waals surface area contributed by atoms with E-state index < -0.39 is 0 Å². The average Bonchev–Trinajstić information content (AvgIpc) is 3.40. The SMILES string of the molecule is O=C(c1ccccc1SCc1cccs1)N1CCC(C2OCCO2)CC1. The molecule has 4 rings (SSSR count). The Balaban J connectivity index is 1.38. The summed E-state index contributed by atoms with van der Waals surface area (Å²) in [4.78, 5) is 17.4. The highest BCUT2D eigenvalue weighted by Crippen LogP contribution is 2.31. The number of nitrogens with zero attached hydrogens (tertiary/aromatic N) is 1. The van der Waals surface area contributed by atoms with Gasteiger partial charge in [0, 0.05) is 34.5 Å². The Hall–Kier alpha value is -1.34. The van der Waals surface area contributed by atoms with Gasteiger partial charge in [-0.2, -0.15) is 0 Å². The number of hydrogen-bond donors (Lipinski definition) is 0. The molecule has 2 fully saturated rings. The molecule has 0 radical (unpaired) electrons. The fraction of sp³-hybridized carbons (Fsp3) is 0.450. The number of likely N-dealkylation sites (tertiary alicyclic amines) is 1. The average molecular weight is 390 g/mol. The highest BCUT2D eigenvalue weighted by Gasteiger charge is 2.32. The molecule has 0 unspecified atom stereocenters. The van der Waals surface area contributed by atoms with Crippen molar-refractivity contribution in [1.29, 1.82) is 0 Å². The highest BCUT2D eigenvalue weighted by molar-refractivity contribution is 7.98. The number of amides is 1. The summed E-state index contributed by atoms with van der Waals surface area (Å²) in [5, 5.41) is 2.09. The fourth-order valence-electron chi connectivity index (χ4n) is 3.51. The molecule has 0 aliphatic carbocycles. The van der Waals surface area contributed by atoms with Gasteiger partial charge >= 0.3 is 0 Å². The van der Waals surface area contributed by atoms with E-state index in [-0.39, 0.29) is 12.2 Å². The van der Waals surface area contributed by atoms with Gasteiger partial charge in [0.15, 0.2) is 6.29 Å². The number of benzene rings is 1. The molecule has 0 saturated carbocycles. The van der Waals surface area contributed by atoms with E-state index in [9.17, 15) is 4.79 Å². The predicted molar refractivity (Wildman–Crippen MR) is 105 cm³/mol. The Morgan fingerprint density at radius 2 is 1.88 bits per heavy atom. The second-order valence-corrected chi connectivity index (χ2v) is 8.65. The smallest absolute Gasteiger partial charge is 0.254 e. The molecule has 0 spiro atoms. The second-order valence-electron chi connectivity index (χ2n) is 6.60. The second kappa shape index (κ2) is 8.57. The number of ether oxygens (including phenoxy) is 2. The molecule has 0 N–H and O–H groups in total. The summed E-state index contributed by atoms with van der Waals surface area (Å²) in [6, 6.07) is 12.2. The molecule has 2 aliphatic rings. The zero-order chi connectivity index (χ0) is 17.8. The van der Waals surface area contributed by atoms with Crippen molar-refractivity contribution >= 4 is 29.0 Å². The zero-order valence-corrected chi connectivity index (χ0v) is 16.3. The number of rotatable bonds is 5. The highest BCUT2D eigenvalue weighted by atomic mass is 32.2. The van der Waals surface area contributed by atoms with Crippen LogP contribution in [0.2, 0.25) is 0 Å². The van der Waals surface area contributed by atoms with E-state index in [2.05, 4.69) is 23.6 Å². The lowest BCUT2D eigenvalue weighted by Crippen LogP contribution is -2.41. The van der Waals surface area contributed by atoms with Gasteiger partial charge < -0.3 is 14.4 Å². The topological polar surface area (TPSA) is 38.8 Å². The Bertz CT molecular complexity index is 720. The van der Waals surface area contributed by atoms with Crippen molar-refractivity contribution in [2.75, 3.05) is 26.3 Å². The minimum atomic E-state index is -0.0686. The Labute approximate surface area is 162 Å². The fourth-order valence-corrected chi connectivity index (χ4v) is 5.32. The minimum absolute atomic E-state index is 0.0686. The molecule has 138 valence electrons. The van der Waals surface area contributed by atoms with Crippen molar-refractivity contribution in [2.24, 2.45) is 5.92 Å². The summed E-state index contributed by atoms with van der Waals surface area (Å²) >= 11 is 3.50. The van der Waals surface area contributed by atoms with Crippen LogP contribution in [0, 0.1) is 5.92 Å². The normalized spacial score (nSPS) is 19.2. The van der Waals surface area contributed by atoms with Gasteiger partial charge in [-0.1, -0.05) is 18.2 Å². The Kier molecular flexibility index (Phi) is 5.94. The number of carbonyl (C=O) groups is 1. The monoisotopic (exact) mass is 389 g/mol. The largest absolute Gasteiger partial charge is 0.350 e. The first-order valence-electron chi connectivity index (χ1n) is 9.08. The van der Waals surface area contributed by atoms with E-state index in [4.69, 9.17) is 9.47 Å². The molecular weight excluding hydrogens is 366 g/mol. The first kappa shape index (κ1) is 18.0. The van der Waals surface area contributed by atoms with Crippen LogP contribution in [0.5, 0.6) is 0 Å². The summed E-state index contributed by atoms with van der Waals surface area (Å²) in [5.74, 6) is 1.46. The van der Waals surface area contributed by atoms with Gasteiger partial charge in [0.05, 0.1) is 18.8 Å². The summed E-state index contributed by atoms with van der Waals surface area (Å²) in [7, 11) is 0. The van der Waals surface area contributed by atoms with Gasteiger partial charge in [0.25, 0.3) is 5.91 Å². The third-order valence-corrected chi connectivity index (χ3v) is 7.11. The van der Waals surface area contributed by atoms with Crippen LogP contribution in [-0.4, -0.2) is 43.4 Å². The molecule has 1 amide bonds. The van der Waals surface area contributed by atoms with Crippen molar-refractivity contribution in [3.63, 3.8) is 0 Å². The summed E-state index contributed by atoms with van der Waals surface area (Å²) in [6.07, 6.45) is 1.82. The quantitative estimate of drug-likeness (QED) is 0.716. The summed E-state index contributed by atoms with van der Waals surface area (Å²) < 4.78 is 11.3. The molecule has 2 aromatic rings. The van der Waals surface area contributed by atoms with E-state index >= 15 is 0 Å². The lowest BCUT2D eigenvalue weighted by molar-refractivity contribution is -0.0956. The molecule has 6 heteroatoms. The van der Waals surface area contributed by atoms with Crippen molar-refractivity contribution in [1.82, 2.24) is 4.90 Å². The number of thiophene rings is 1. The van der Waals surface area contributed by atoms with Gasteiger partial charge in [0.2, 0.25) is 0 Å². The number of thioether (sulfide) groups is 1. The van der Waals surface area contributed by atoms with E-state index in [1.165, 1.54) is 4.88 Å². The van der Waals surface area contributed by atoms with Crippen LogP contribution in [0.1, 0.15) is 28.1 Å².